The van der Waals surface area contributed by atoms with Crippen LogP contribution in [0.15, 0.2) is 0 Å². The number of amides is 2. The number of aliphatic hydroxyl groups excluding tert-OH is 1. The smallest absolute Gasteiger partial charge is 0.332 e. The Bertz CT molecular complexity index is 380. The van der Waals surface area contributed by atoms with Crippen LogP contribution in [-0.4, -0.2) is 62.9 Å². The van der Waals surface area contributed by atoms with Gasteiger partial charge in [-0.15, -0.1) is 0 Å². The summed E-state index contributed by atoms with van der Waals surface area (Å²) in [5.74, 6) is -1.07. The number of hydrazine groups is 1. The number of nitrogens with zero attached hydrogens (tertiary/aromatic N) is 2. The molecule has 0 aromatic rings. The van der Waals surface area contributed by atoms with E-state index in [1.165, 1.54) is 4.90 Å². The van der Waals surface area contributed by atoms with Crippen molar-refractivity contribution in [3.8, 4) is 0 Å². The van der Waals surface area contributed by atoms with Gasteiger partial charge in [-0.25, -0.2) is 14.6 Å². The van der Waals surface area contributed by atoms with Gasteiger partial charge >= 0.3 is 12.0 Å². The van der Waals surface area contributed by atoms with Crippen LogP contribution in [0.1, 0.15) is 39.5 Å². The van der Waals surface area contributed by atoms with Crippen molar-refractivity contribution in [2.24, 2.45) is 0 Å². The number of piperidine rings is 1. The fraction of sp³-hybridized carbons (Fsp3) is 0.846. The third-order valence-electron chi connectivity index (χ3n) is 4.24. The Hall–Kier alpha value is -1.34. The summed E-state index contributed by atoms with van der Waals surface area (Å²) in [6, 6.07) is -0.910. The van der Waals surface area contributed by atoms with Crippen molar-refractivity contribution in [1.82, 2.24) is 15.3 Å². The topological polar surface area (TPSA) is 93.1 Å². The van der Waals surface area contributed by atoms with Gasteiger partial charge in [-0.1, -0.05) is 6.42 Å². The third kappa shape index (κ3) is 3.04. The highest BCUT2D eigenvalue weighted by atomic mass is 16.4. The maximum absolute atomic E-state index is 12.3. The predicted molar refractivity (Wildman–Crippen MR) is 71.9 cm³/mol. The molecule has 2 fully saturated rings. The first-order chi connectivity index (χ1) is 9.40. The second-order valence-electron chi connectivity index (χ2n) is 5.85. The van der Waals surface area contributed by atoms with E-state index in [9.17, 15) is 14.7 Å². The normalized spacial score (nSPS) is 35.0. The quantitative estimate of drug-likeness (QED) is 0.682. The first-order valence-electron chi connectivity index (χ1n) is 7.16. The number of nitrogens with one attached hydrogen (secondary N) is 1. The van der Waals surface area contributed by atoms with Crippen molar-refractivity contribution >= 4 is 12.0 Å². The largest absolute Gasteiger partial charge is 0.480 e. The lowest BCUT2D eigenvalue weighted by molar-refractivity contribution is -0.141. The molecule has 7 nitrogen and oxygen atoms in total. The maximum Gasteiger partial charge on any atom is 0.332 e. The van der Waals surface area contributed by atoms with Crippen LogP contribution < -0.4 is 5.43 Å². The maximum atomic E-state index is 12.3. The van der Waals surface area contributed by atoms with Crippen LogP contribution in [0, 0.1) is 0 Å². The van der Waals surface area contributed by atoms with Gasteiger partial charge in [0.2, 0.25) is 0 Å². The number of aliphatic carboxylic acids is 1. The molecule has 2 saturated heterocycles. The number of carbonyl (C=O) groups is 2. The van der Waals surface area contributed by atoms with E-state index in [1.807, 2.05) is 18.9 Å². The van der Waals surface area contributed by atoms with Gasteiger partial charge in [0.1, 0.15) is 6.04 Å². The molecule has 0 aromatic carbocycles. The van der Waals surface area contributed by atoms with Gasteiger partial charge in [-0.3, -0.25) is 5.43 Å². The van der Waals surface area contributed by atoms with E-state index in [-0.39, 0.29) is 25.0 Å². The molecule has 0 aromatic heterocycles. The molecule has 114 valence electrons. The minimum Gasteiger partial charge on any atom is -0.480 e. The predicted octanol–water partition coefficient (Wildman–Crippen LogP) is 0.394. The van der Waals surface area contributed by atoms with Crippen molar-refractivity contribution in [1.29, 1.82) is 0 Å². The zero-order valence-electron chi connectivity index (χ0n) is 12.0. The molecule has 2 aliphatic rings. The molecular formula is C13H23N3O4. The fourth-order valence-electron chi connectivity index (χ4n) is 3.09. The summed E-state index contributed by atoms with van der Waals surface area (Å²) in [5, 5.41) is 20.6. The molecule has 0 spiro atoms. The number of carbonyl (C=O) groups excluding carboxylic acids is 1. The van der Waals surface area contributed by atoms with E-state index in [0.29, 0.717) is 0 Å². The highest BCUT2D eigenvalue weighted by Gasteiger charge is 2.40. The van der Waals surface area contributed by atoms with E-state index >= 15 is 0 Å². The Morgan fingerprint density at radius 2 is 1.80 bits per heavy atom. The molecule has 0 radical (unpaired) electrons. The number of carboxylic acid groups (broad SMARTS) is 1. The Morgan fingerprint density at radius 1 is 1.20 bits per heavy atom. The number of hydrogen-bond donors (Lipinski definition) is 3. The SMILES string of the molecule is CC1CCCC(C)N1NC(=O)N1CC(O)C[C@H]1C(=O)O. The average Bonchev–Trinajstić information content (AvgIpc) is 2.76. The Morgan fingerprint density at radius 3 is 2.35 bits per heavy atom. The molecule has 2 heterocycles. The van der Waals surface area contributed by atoms with Crippen molar-refractivity contribution in [3.63, 3.8) is 0 Å². The number of urea groups is 1. The highest BCUT2D eigenvalue weighted by molar-refractivity contribution is 5.83. The molecule has 2 amide bonds. The van der Waals surface area contributed by atoms with Gasteiger partial charge in [-0.2, -0.15) is 0 Å². The summed E-state index contributed by atoms with van der Waals surface area (Å²) >= 11 is 0. The van der Waals surface area contributed by atoms with Crippen LogP contribution in [0.3, 0.4) is 0 Å². The van der Waals surface area contributed by atoms with Gasteiger partial charge < -0.3 is 15.1 Å². The third-order valence-corrected chi connectivity index (χ3v) is 4.24. The molecule has 0 saturated carbocycles. The monoisotopic (exact) mass is 285 g/mol. The van der Waals surface area contributed by atoms with Crippen molar-refractivity contribution < 1.29 is 19.8 Å². The van der Waals surface area contributed by atoms with Crippen LogP contribution in [0.2, 0.25) is 0 Å². The van der Waals surface area contributed by atoms with Gasteiger partial charge in [-0.05, 0) is 26.7 Å². The second kappa shape index (κ2) is 5.97. The van der Waals surface area contributed by atoms with Gasteiger partial charge in [0.25, 0.3) is 0 Å². The van der Waals surface area contributed by atoms with E-state index in [2.05, 4.69) is 5.43 Å². The van der Waals surface area contributed by atoms with Gasteiger partial charge in [0.15, 0.2) is 0 Å². The Balaban J connectivity index is 2.01. The van der Waals surface area contributed by atoms with Gasteiger partial charge in [0, 0.05) is 25.0 Å². The highest BCUT2D eigenvalue weighted by Crippen LogP contribution is 2.22. The lowest BCUT2D eigenvalue weighted by Crippen LogP contribution is -2.58. The number of aliphatic hydroxyl groups is 1. The van der Waals surface area contributed by atoms with Gasteiger partial charge in [0.05, 0.1) is 6.10 Å². The molecule has 3 unspecified atom stereocenters. The van der Waals surface area contributed by atoms with Crippen LogP contribution in [0.4, 0.5) is 4.79 Å². The number of rotatable bonds is 2. The zero-order chi connectivity index (χ0) is 14.9. The summed E-state index contributed by atoms with van der Waals surface area (Å²) in [5.41, 5.74) is 2.81. The first kappa shape index (κ1) is 15.1. The Kier molecular flexibility index (Phi) is 4.49. The minimum atomic E-state index is -1.07. The molecule has 0 bridgehead atoms. The first-order valence-corrected chi connectivity index (χ1v) is 7.16. The van der Waals surface area contributed by atoms with E-state index in [1.54, 1.807) is 0 Å². The fourth-order valence-corrected chi connectivity index (χ4v) is 3.09. The Labute approximate surface area is 118 Å². The summed E-state index contributed by atoms with van der Waals surface area (Å²) < 4.78 is 0. The molecule has 2 aliphatic heterocycles. The number of carboxylic acids is 1. The van der Waals surface area contributed by atoms with Crippen molar-refractivity contribution in [2.75, 3.05) is 6.54 Å². The van der Waals surface area contributed by atoms with E-state index < -0.39 is 24.1 Å². The van der Waals surface area contributed by atoms with Crippen molar-refractivity contribution in [3.05, 3.63) is 0 Å². The molecule has 4 atom stereocenters. The second-order valence-corrected chi connectivity index (χ2v) is 5.85. The number of β-amino-alcohol motifs (C(OH)–C–C–N with tert-alkyl or cyclic N) is 1. The number of hydrogen-bond acceptors (Lipinski definition) is 4. The molecule has 20 heavy (non-hydrogen) atoms. The van der Waals surface area contributed by atoms with E-state index in [4.69, 9.17) is 5.11 Å². The van der Waals surface area contributed by atoms with Crippen LogP contribution in [0.5, 0.6) is 0 Å². The minimum absolute atomic E-state index is 0.0689. The van der Waals surface area contributed by atoms with Crippen LogP contribution in [-0.2, 0) is 4.79 Å². The molecule has 3 N–H and O–H groups in total. The molecule has 7 heteroatoms. The zero-order valence-corrected chi connectivity index (χ0v) is 12.0. The average molecular weight is 285 g/mol. The molecular weight excluding hydrogens is 262 g/mol. The number of likely N-dealkylation sites (tertiary alicyclic amines) is 1. The lowest BCUT2D eigenvalue weighted by Gasteiger charge is -2.39. The summed E-state index contributed by atoms with van der Waals surface area (Å²) in [6.45, 7) is 4.16. The molecule has 2 rings (SSSR count). The van der Waals surface area contributed by atoms with Crippen LogP contribution in [0.25, 0.3) is 0 Å². The molecule has 0 aliphatic carbocycles. The summed E-state index contributed by atoms with van der Waals surface area (Å²) in [6.07, 6.45) is 2.48. The van der Waals surface area contributed by atoms with Crippen LogP contribution >= 0.6 is 0 Å². The summed E-state index contributed by atoms with van der Waals surface area (Å²) in [7, 11) is 0. The standard InChI is InChI=1S/C13H23N3O4/c1-8-4-3-5-9(2)16(8)14-13(20)15-7-10(17)6-11(15)12(18)19/h8-11,17H,3-7H2,1-2H3,(H,14,20)(H,18,19)/t8?,9?,10?,11-/m0/s1. The lowest BCUT2D eigenvalue weighted by atomic mass is 10.00. The summed E-state index contributed by atoms with van der Waals surface area (Å²) in [4.78, 5) is 24.6. The van der Waals surface area contributed by atoms with E-state index in [0.717, 1.165) is 19.3 Å². The van der Waals surface area contributed by atoms with Crippen molar-refractivity contribution in [2.45, 2.75) is 63.8 Å².